The molecule has 0 aliphatic carbocycles. The molecule has 0 fully saturated rings. The fraction of sp³-hybridized carbons (Fsp3) is 0.267. The number of hydrogen-bond donors (Lipinski definition) is 1. The summed E-state index contributed by atoms with van der Waals surface area (Å²) in [6.07, 6.45) is 0. The minimum absolute atomic E-state index is 0.0400. The van der Waals surface area contributed by atoms with Crippen LogP contribution in [0, 0.1) is 0 Å². The van der Waals surface area contributed by atoms with Gasteiger partial charge in [-0.15, -0.1) is 15.3 Å². The molecule has 0 radical (unpaired) electrons. The second-order valence-electron chi connectivity index (χ2n) is 4.98. The Morgan fingerprint density at radius 1 is 1.12 bits per heavy atom. The summed E-state index contributed by atoms with van der Waals surface area (Å²) in [5.41, 5.74) is 1.50. The molecule has 0 bridgehead atoms. The van der Waals surface area contributed by atoms with Crippen LogP contribution in [0.15, 0.2) is 42.5 Å². The molecule has 0 amide bonds. The number of aromatic nitrogens is 4. The van der Waals surface area contributed by atoms with E-state index in [0.717, 1.165) is 5.56 Å². The molecule has 1 N–H and O–H groups in total. The highest BCUT2D eigenvalue weighted by molar-refractivity contribution is 7.89. The molecular weight excluding hydrogens is 330 g/mol. The van der Waals surface area contributed by atoms with Crippen molar-refractivity contribution in [3.8, 4) is 17.3 Å². The predicted octanol–water partition coefficient (Wildman–Crippen LogP) is 1.11. The second-order valence-corrected chi connectivity index (χ2v) is 7.07. The van der Waals surface area contributed by atoms with Gasteiger partial charge in [0.15, 0.2) is 11.5 Å². The van der Waals surface area contributed by atoms with E-state index >= 15 is 0 Å². The van der Waals surface area contributed by atoms with Gasteiger partial charge in [0.05, 0.1) is 5.75 Å². The SMILES string of the molecule is CCS(=O)(=O)NCCOc1ccc2nnc(-c3ccccc3)n2n1. The van der Waals surface area contributed by atoms with Gasteiger partial charge in [0.2, 0.25) is 15.9 Å². The molecule has 2 aromatic heterocycles. The van der Waals surface area contributed by atoms with Crippen LogP contribution < -0.4 is 9.46 Å². The Labute approximate surface area is 139 Å². The summed E-state index contributed by atoms with van der Waals surface area (Å²) in [6.45, 7) is 1.94. The monoisotopic (exact) mass is 347 g/mol. The average Bonchev–Trinajstić information content (AvgIpc) is 3.03. The molecule has 2 heterocycles. The first-order valence-corrected chi connectivity index (χ1v) is 9.12. The average molecular weight is 347 g/mol. The summed E-state index contributed by atoms with van der Waals surface area (Å²) < 4.78 is 32.2. The molecule has 8 nitrogen and oxygen atoms in total. The van der Waals surface area contributed by atoms with Crippen LogP contribution >= 0.6 is 0 Å². The summed E-state index contributed by atoms with van der Waals surface area (Å²) in [5, 5.41) is 12.6. The number of fused-ring (bicyclic) bond motifs is 1. The van der Waals surface area contributed by atoms with E-state index in [0.29, 0.717) is 17.4 Å². The smallest absolute Gasteiger partial charge is 0.231 e. The van der Waals surface area contributed by atoms with Crippen molar-refractivity contribution in [1.29, 1.82) is 0 Å². The van der Waals surface area contributed by atoms with Crippen molar-refractivity contribution in [2.75, 3.05) is 18.9 Å². The molecular formula is C15H17N5O3S. The zero-order valence-corrected chi connectivity index (χ0v) is 13.9. The van der Waals surface area contributed by atoms with Crippen LogP contribution in [0.3, 0.4) is 0 Å². The maximum absolute atomic E-state index is 11.3. The zero-order valence-electron chi connectivity index (χ0n) is 13.1. The summed E-state index contributed by atoms with van der Waals surface area (Å²) in [5.74, 6) is 1.02. The van der Waals surface area contributed by atoms with E-state index in [-0.39, 0.29) is 18.9 Å². The molecule has 0 unspecified atom stereocenters. The Balaban J connectivity index is 1.74. The van der Waals surface area contributed by atoms with Gasteiger partial charge in [0.25, 0.3) is 0 Å². The Hall–Kier alpha value is -2.52. The molecule has 0 saturated heterocycles. The first-order valence-electron chi connectivity index (χ1n) is 7.47. The van der Waals surface area contributed by atoms with Crippen molar-refractivity contribution in [3.05, 3.63) is 42.5 Å². The van der Waals surface area contributed by atoms with Crippen LogP contribution in [0.1, 0.15) is 6.92 Å². The molecule has 3 aromatic rings. The molecule has 3 rings (SSSR count). The van der Waals surface area contributed by atoms with Crippen LogP contribution in [0.25, 0.3) is 17.0 Å². The largest absolute Gasteiger partial charge is 0.475 e. The summed E-state index contributed by atoms with van der Waals surface area (Å²) in [4.78, 5) is 0. The fourth-order valence-corrected chi connectivity index (χ4v) is 2.67. The molecule has 0 atom stereocenters. The topological polar surface area (TPSA) is 98.5 Å². The van der Waals surface area contributed by atoms with Gasteiger partial charge >= 0.3 is 0 Å². The number of nitrogens with zero attached hydrogens (tertiary/aromatic N) is 4. The van der Waals surface area contributed by atoms with Gasteiger partial charge in [-0.1, -0.05) is 30.3 Å². The maximum Gasteiger partial charge on any atom is 0.231 e. The highest BCUT2D eigenvalue weighted by Crippen LogP contribution is 2.18. The highest BCUT2D eigenvalue weighted by Gasteiger charge is 2.10. The molecule has 1 aromatic carbocycles. The molecule has 0 aliphatic heterocycles. The van der Waals surface area contributed by atoms with Gasteiger partial charge in [0, 0.05) is 18.2 Å². The quantitative estimate of drug-likeness (QED) is 0.643. The minimum atomic E-state index is -3.22. The Morgan fingerprint density at radius 2 is 1.92 bits per heavy atom. The predicted molar refractivity (Wildman–Crippen MR) is 89.2 cm³/mol. The lowest BCUT2D eigenvalue weighted by Gasteiger charge is -2.07. The minimum Gasteiger partial charge on any atom is -0.475 e. The van der Waals surface area contributed by atoms with E-state index < -0.39 is 10.0 Å². The summed E-state index contributed by atoms with van der Waals surface area (Å²) in [7, 11) is -3.22. The lowest BCUT2D eigenvalue weighted by molar-refractivity contribution is 0.306. The van der Waals surface area contributed by atoms with Crippen molar-refractivity contribution in [2.45, 2.75) is 6.92 Å². The fourth-order valence-electron chi connectivity index (χ4n) is 2.07. The second kappa shape index (κ2) is 6.93. The molecule has 9 heteroatoms. The van der Waals surface area contributed by atoms with Crippen molar-refractivity contribution < 1.29 is 13.2 Å². The van der Waals surface area contributed by atoms with Crippen molar-refractivity contribution in [3.63, 3.8) is 0 Å². The maximum atomic E-state index is 11.3. The molecule has 126 valence electrons. The zero-order chi connectivity index (χ0) is 17.0. The third kappa shape index (κ3) is 3.69. The van der Waals surface area contributed by atoms with Crippen molar-refractivity contribution in [1.82, 2.24) is 24.5 Å². The van der Waals surface area contributed by atoms with E-state index in [2.05, 4.69) is 20.0 Å². The van der Waals surface area contributed by atoms with Gasteiger partial charge in [-0.05, 0) is 13.0 Å². The van der Waals surface area contributed by atoms with Crippen LogP contribution in [-0.2, 0) is 10.0 Å². The number of ether oxygens (including phenoxy) is 1. The Bertz CT molecular complexity index is 925. The number of sulfonamides is 1. The Kier molecular flexibility index (Phi) is 4.72. The standard InChI is InChI=1S/C15H17N5O3S/c1-2-24(21,22)16-10-11-23-14-9-8-13-17-18-15(20(13)19-14)12-6-4-3-5-7-12/h3-9,16H,2,10-11H2,1H3. The van der Waals surface area contributed by atoms with Crippen LogP contribution in [-0.4, -0.2) is 47.1 Å². The van der Waals surface area contributed by atoms with Gasteiger partial charge in [-0.25, -0.2) is 13.1 Å². The lowest BCUT2D eigenvalue weighted by Crippen LogP contribution is -2.29. The Morgan fingerprint density at radius 3 is 2.67 bits per heavy atom. The number of benzene rings is 1. The van der Waals surface area contributed by atoms with Gasteiger partial charge in [0.1, 0.15) is 6.61 Å². The molecule has 0 spiro atoms. The molecule has 0 saturated carbocycles. The summed E-state index contributed by atoms with van der Waals surface area (Å²) >= 11 is 0. The van der Waals surface area contributed by atoms with Crippen LogP contribution in [0.4, 0.5) is 0 Å². The number of rotatable bonds is 7. The first-order chi connectivity index (χ1) is 11.6. The molecule has 24 heavy (non-hydrogen) atoms. The van der Waals surface area contributed by atoms with E-state index in [9.17, 15) is 8.42 Å². The number of hydrogen-bond acceptors (Lipinski definition) is 6. The van der Waals surface area contributed by atoms with E-state index in [4.69, 9.17) is 4.74 Å². The lowest BCUT2D eigenvalue weighted by atomic mass is 10.2. The third-order valence-corrected chi connectivity index (χ3v) is 4.73. The third-order valence-electron chi connectivity index (χ3n) is 3.32. The summed E-state index contributed by atoms with van der Waals surface area (Å²) in [6, 6.07) is 13.0. The van der Waals surface area contributed by atoms with Crippen LogP contribution in [0.2, 0.25) is 0 Å². The first kappa shape index (κ1) is 16.3. The number of nitrogens with one attached hydrogen (secondary N) is 1. The van der Waals surface area contributed by atoms with Crippen molar-refractivity contribution >= 4 is 15.7 Å². The van der Waals surface area contributed by atoms with Gasteiger partial charge < -0.3 is 4.74 Å². The van der Waals surface area contributed by atoms with Gasteiger partial charge in [-0.3, -0.25) is 0 Å². The van der Waals surface area contributed by atoms with Crippen LogP contribution in [0.5, 0.6) is 5.88 Å². The van der Waals surface area contributed by atoms with E-state index in [1.807, 2.05) is 30.3 Å². The normalized spacial score (nSPS) is 11.7. The van der Waals surface area contributed by atoms with Crippen molar-refractivity contribution in [2.24, 2.45) is 0 Å². The highest BCUT2D eigenvalue weighted by atomic mass is 32.2. The van der Waals surface area contributed by atoms with Gasteiger partial charge in [-0.2, -0.15) is 4.52 Å². The van der Waals surface area contributed by atoms with E-state index in [1.165, 1.54) is 0 Å². The van der Waals surface area contributed by atoms with E-state index in [1.54, 1.807) is 23.6 Å². The molecule has 0 aliphatic rings.